The first kappa shape index (κ1) is 31.1. The topological polar surface area (TPSA) is 43.6 Å². The van der Waals surface area contributed by atoms with Crippen LogP contribution in [0.2, 0.25) is 0 Å². The molecule has 0 aliphatic carbocycles. The minimum Gasteiger partial charge on any atom is -0.275 e. The van der Waals surface area contributed by atoms with E-state index in [0.717, 1.165) is 61.7 Å². The van der Waals surface area contributed by atoms with E-state index < -0.39 is 0 Å². The standard InChI is InChI=1S/C51H32N4/c1-3-15-35-31-37(29-27-33(35)13-1)43-22-11-24-46(52-43)51-54-44-21-9-10-25-47(44)55(51)48-26-12-23-45(53-48)50-41-19-7-5-17-39(41)49(40-18-6-8-20-42(40)50)38-30-28-34-14-2-4-16-36(34)32-38/h1-32H. The maximum absolute atomic E-state index is 5.48. The second-order valence-corrected chi connectivity index (χ2v) is 14.0. The van der Waals surface area contributed by atoms with Gasteiger partial charge in [0.05, 0.1) is 22.4 Å². The van der Waals surface area contributed by atoms with Crippen LogP contribution in [-0.2, 0) is 0 Å². The lowest BCUT2D eigenvalue weighted by Gasteiger charge is -2.18. The third-order valence-electron chi connectivity index (χ3n) is 10.8. The number of fused-ring (bicyclic) bond motifs is 5. The highest BCUT2D eigenvalue weighted by Gasteiger charge is 2.21. The minimum atomic E-state index is 0.745. The molecule has 0 aliphatic rings. The smallest absolute Gasteiger partial charge is 0.165 e. The van der Waals surface area contributed by atoms with Gasteiger partial charge in [-0.05, 0) is 103 Å². The highest BCUT2D eigenvalue weighted by molar-refractivity contribution is 6.21. The van der Waals surface area contributed by atoms with Crippen molar-refractivity contribution < 1.29 is 0 Å². The molecule has 0 aliphatic heterocycles. The quantitative estimate of drug-likeness (QED) is 0.168. The van der Waals surface area contributed by atoms with E-state index in [-0.39, 0.29) is 0 Å². The highest BCUT2D eigenvalue weighted by Crippen LogP contribution is 2.44. The summed E-state index contributed by atoms with van der Waals surface area (Å²) in [6.07, 6.45) is 0. The molecule has 3 aromatic heterocycles. The molecule has 0 fully saturated rings. The number of benzene rings is 8. The van der Waals surface area contributed by atoms with Crippen LogP contribution in [-0.4, -0.2) is 19.5 Å². The molecular weight excluding hydrogens is 669 g/mol. The molecule has 0 atom stereocenters. The summed E-state index contributed by atoms with van der Waals surface area (Å²) in [5.41, 5.74) is 9.05. The lowest BCUT2D eigenvalue weighted by molar-refractivity contribution is 1.02. The molecule has 3 heterocycles. The SMILES string of the molecule is c1cc(-c2ccc3ccccc3c2)nc(-c2nc3ccccc3n2-c2cccc(-c3c4ccccc4c(-c4ccc5ccccc5c4)c4ccccc34)n2)c1. The Balaban J connectivity index is 1.10. The second-order valence-electron chi connectivity index (χ2n) is 14.0. The van der Waals surface area contributed by atoms with Crippen molar-refractivity contribution in [1.82, 2.24) is 19.5 Å². The van der Waals surface area contributed by atoms with Crippen molar-refractivity contribution in [2.75, 3.05) is 0 Å². The lowest BCUT2D eigenvalue weighted by atomic mass is 9.87. The van der Waals surface area contributed by atoms with E-state index >= 15 is 0 Å². The fraction of sp³-hybridized carbons (Fsp3) is 0. The van der Waals surface area contributed by atoms with Gasteiger partial charge in [-0.3, -0.25) is 4.57 Å². The zero-order valence-electron chi connectivity index (χ0n) is 29.8. The fourth-order valence-corrected chi connectivity index (χ4v) is 8.25. The van der Waals surface area contributed by atoms with Crippen molar-refractivity contribution in [3.8, 4) is 51.0 Å². The Labute approximate surface area is 317 Å². The molecule has 4 heteroatoms. The van der Waals surface area contributed by atoms with Crippen molar-refractivity contribution >= 4 is 54.1 Å². The summed E-state index contributed by atoms with van der Waals surface area (Å²) < 4.78 is 2.15. The Kier molecular flexibility index (Phi) is 7.14. The third kappa shape index (κ3) is 5.19. The van der Waals surface area contributed by atoms with E-state index in [1.54, 1.807) is 0 Å². The molecular formula is C51H32N4. The van der Waals surface area contributed by atoms with Crippen molar-refractivity contribution in [2.24, 2.45) is 0 Å². The van der Waals surface area contributed by atoms with Crippen LogP contribution in [0.15, 0.2) is 194 Å². The average Bonchev–Trinajstić information content (AvgIpc) is 3.65. The Bertz CT molecular complexity index is 3230. The largest absolute Gasteiger partial charge is 0.275 e. The van der Waals surface area contributed by atoms with Gasteiger partial charge in [0.15, 0.2) is 5.82 Å². The number of pyridine rings is 2. The zero-order chi connectivity index (χ0) is 36.3. The van der Waals surface area contributed by atoms with Gasteiger partial charge >= 0.3 is 0 Å². The zero-order valence-corrected chi connectivity index (χ0v) is 29.8. The van der Waals surface area contributed by atoms with Crippen molar-refractivity contribution in [3.05, 3.63) is 194 Å². The first-order chi connectivity index (χ1) is 27.3. The number of rotatable bonds is 5. The summed E-state index contributed by atoms with van der Waals surface area (Å²) in [7, 11) is 0. The van der Waals surface area contributed by atoms with Gasteiger partial charge in [-0.1, -0.05) is 146 Å². The number of para-hydroxylation sites is 2. The van der Waals surface area contributed by atoms with Gasteiger partial charge in [0.1, 0.15) is 11.5 Å². The normalized spacial score (nSPS) is 11.6. The molecule has 4 nitrogen and oxygen atoms in total. The molecule has 8 aromatic carbocycles. The molecule has 0 saturated carbocycles. The number of aromatic nitrogens is 4. The molecule has 11 rings (SSSR count). The molecule has 0 saturated heterocycles. The predicted octanol–water partition coefficient (Wildman–Crippen LogP) is 13.1. The van der Waals surface area contributed by atoms with Crippen LogP contribution >= 0.6 is 0 Å². The van der Waals surface area contributed by atoms with E-state index in [2.05, 4.69) is 187 Å². The summed E-state index contributed by atoms with van der Waals surface area (Å²) in [5.74, 6) is 1.53. The van der Waals surface area contributed by atoms with Gasteiger partial charge < -0.3 is 0 Å². The van der Waals surface area contributed by atoms with Crippen molar-refractivity contribution in [1.29, 1.82) is 0 Å². The maximum Gasteiger partial charge on any atom is 0.165 e. The number of hydrogen-bond acceptors (Lipinski definition) is 3. The van der Waals surface area contributed by atoms with Crippen LogP contribution < -0.4 is 0 Å². The van der Waals surface area contributed by atoms with Crippen LogP contribution in [0, 0.1) is 0 Å². The molecule has 0 unspecified atom stereocenters. The monoisotopic (exact) mass is 700 g/mol. The first-order valence-electron chi connectivity index (χ1n) is 18.6. The van der Waals surface area contributed by atoms with Crippen LogP contribution in [0.1, 0.15) is 0 Å². The van der Waals surface area contributed by atoms with Gasteiger partial charge in [0, 0.05) is 11.1 Å². The summed E-state index contributed by atoms with van der Waals surface area (Å²) in [5, 5.41) is 9.57. The molecule has 0 amide bonds. The van der Waals surface area contributed by atoms with E-state index in [4.69, 9.17) is 15.0 Å². The van der Waals surface area contributed by atoms with Crippen molar-refractivity contribution in [2.45, 2.75) is 0 Å². The number of imidazole rings is 1. The third-order valence-corrected chi connectivity index (χ3v) is 10.8. The predicted molar refractivity (Wildman–Crippen MR) is 228 cm³/mol. The Morgan fingerprint density at radius 3 is 1.56 bits per heavy atom. The molecule has 0 bridgehead atoms. The van der Waals surface area contributed by atoms with Crippen LogP contribution in [0.3, 0.4) is 0 Å². The lowest BCUT2D eigenvalue weighted by Crippen LogP contribution is -2.03. The average molecular weight is 701 g/mol. The molecule has 0 N–H and O–H groups in total. The maximum atomic E-state index is 5.48. The van der Waals surface area contributed by atoms with Gasteiger partial charge in [-0.2, -0.15) is 0 Å². The number of hydrogen-bond donors (Lipinski definition) is 0. The van der Waals surface area contributed by atoms with E-state index in [1.165, 1.54) is 43.4 Å². The van der Waals surface area contributed by atoms with Crippen molar-refractivity contribution in [3.63, 3.8) is 0 Å². The van der Waals surface area contributed by atoms with E-state index in [1.807, 2.05) is 12.1 Å². The first-order valence-corrected chi connectivity index (χ1v) is 18.6. The molecule has 0 radical (unpaired) electrons. The molecule has 55 heavy (non-hydrogen) atoms. The fourth-order valence-electron chi connectivity index (χ4n) is 8.25. The Hall–Kier alpha value is -7.43. The molecule has 0 spiro atoms. The molecule has 256 valence electrons. The van der Waals surface area contributed by atoms with E-state index in [0.29, 0.717) is 0 Å². The number of nitrogens with zero attached hydrogens (tertiary/aromatic N) is 4. The Morgan fingerprint density at radius 1 is 0.327 bits per heavy atom. The summed E-state index contributed by atoms with van der Waals surface area (Å²) in [4.78, 5) is 15.9. The van der Waals surface area contributed by atoms with Gasteiger partial charge in [-0.25, -0.2) is 15.0 Å². The van der Waals surface area contributed by atoms with Crippen LogP contribution in [0.25, 0.3) is 105 Å². The summed E-state index contributed by atoms with van der Waals surface area (Å²) in [6.45, 7) is 0. The minimum absolute atomic E-state index is 0.745. The molecule has 11 aromatic rings. The van der Waals surface area contributed by atoms with Gasteiger partial charge in [0.25, 0.3) is 0 Å². The highest BCUT2D eigenvalue weighted by atomic mass is 15.1. The van der Waals surface area contributed by atoms with Gasteiger partial charge in [0.2, 0.25) is 0 Å². The summed E-state index contributed by atoms with van der Waals surface area (Å²) in [6, 6.07) is 68.5. The van der Waals surface area contributed by atoms with E-state index in [9.17, 15) is 0 Å². The van der Waals surface area contributed by atoms with Crippen LogP contribution in [0.4, 0.5) is 0 Å². The Morgan fingerprint density at radius 2 is 0.855 bits per heavy atom. The second kappa shape index (κ2) is 12.6. The van der Waals surface area contributed by atoms with Gasteiger partial charge in [-0.15, -0.1) is 0 Å². The van der Waals surface area contributed by atoms with Crippen LogP contribution in [0.5, 0.6) is 0 Å². The summed E-state index contributed by atoms with van der Waals surface area (Å²) >= 11 is 0.